The second kappa shape index (κ2) is 9.40. The Morgan fingerprint density at radius 3 is 2.52 bits per heavy atom. The van der Waals surface area contributed by atoms with Gasteiger partial charge in [-0.25, -0.2) is 0 Å². The van der Waals surface area contributed by atoms with Gasteiger partial charge >= 0.3 is 0 Å². The van der Waals surface area contributed by atoms with Crippen molar-refractivity contribution in [2.75, 3.05) is 19.8 Å². The number of hydrogen-bond acceptors (Lipinski definition) is 3. The fourth-order valence-electron chi connectivity index (χ4n) is 2.26. The summed E-state index contributed by atoms with van der Waals surface area (Å²) in [5.74, 6) is 1.15. The van der Waals surface area contributed by atoms with Crippen LogP contribution in [0.3, 0.4) is 0 Å². The van der Waals surface area contributed by atoms with E-state index in [1.807, 2.05) is 26.0 Å². The van der Waals surface area contributed by atoms with E-state index in [1.165, 1.54) is 0 Å². The number of benzene rings is 1. The molecule has 0 saturated heterocycles. The van der Waals surface area contributed by atoms with Crippen LogP contribution in [0.5, 0.6) is 5.75 Å². The monoisotopic (exact) mass is 293 g/mol. The predicted molar refractivity (Wildman–Crippen MR) is 84.5 cm³/mol. The van der Waals surface area contributed by atoms with Crippen LogP contribution in [0.2, 0.25) is 0 Å². The Hall–Kier alpha value is -1.55. The predicted octanol–water partition coefficient (Wildman–Crippen LogP) is 2.60. The molecule has 1 unspecified atom stereocenters. The number of ether oxygens (including phenoxy) is 1. The molecule has 1 aromatic carbocycles. The fraction of sp³-hybridized carbons (Fsp3) is 0.588. The third kappa shape index (κ3) is 7.14. The van der Waals surface area contributed by atoms with Crippen LogP contribution in [-0.4, -0.2) is 30.8 Å². The first-order valence-corrected chi connectivity index (χ1v) is 7.63. The molecule has 1 aromatic rings. The molecular weight excluding hydrogens is 266 g/mol. The van der Waals surface area contributed by atoms with Crippen molar-refractivity contribution in [1.82, 2.24) is 5.32 Å². The van der Waals surface area contributed by atoms with Crippen LogP contribution in [-0.2, 0) is 4.79 Å². The summed E-state index contributed by atoms with van der Waals surface area (Å²) < 4.78 is 5.62. The molecule has 2 N–H and O–H groups in total. The second-order valence-electron chi connectivity index (χ2n) is 5.51. The zero-order valence-corrected chi connectivity index (χ0v) is 13.3. The summed E-state index contributed by atoms with van der Waals surface area (Å²) in [6.45, 7) is 7.29. The van der Waals surface area contributed by atoms with E-state index in [1.54, 1.807) is 0 Å². The molecule has 4 heteroatoms. The molecule has 21 heavy (non-hydrogen) atoms. The minimum atomic E-state index is -0.00392. The summed E-state index contributed by atoms with van der Waals surface area (Å²) in [6.07, 6.45) is 2.04. The van der Waals surface area contributed by atoms with Gasteiger partial charge in [-0.2, -0.15) is 0 Å². The number of nitrogens with one attached hydrogen (secondary N) is 1. The maximum absolute atomic E-state index is 11.7. The number of amides is 1. The van der Waals surface area contributed by atoms with Crippen molar-refractivity contribution in [2.45, 2.75) is 40.0 Å². The van der Waals surface area contributed by atoms with E-state index in [0.29, 0.717) is 25.5 Å². The summed E-state index contributed by atoms with van der Waals surface area (Å²) in [4.78, 5) is 11.7. The van der Waals surface area contributed by atoms with Crippen LogP contribution >= 0.6 is 0 Å². The van der Waals surface area contributed by atoms with Crippen molar-refractivity contribution < 1.29 is 14.6 Å². The molecule has 0 bridgehead atoms. The molecule has 0 radical (unpaired) electrons. The van der Waals surface area contributed by atoms with Crippen molar-refractivity contribution in [3.05, 3.63) is 29.3 Å². The SMILES string of the molecule is CCC(CCO)CNC(=O)CCOc1cc(C)cc(C)c1. The van der Waals surface area contributed by atoms with Gasteiger partial charge in [0, 0.05) is 13.2 Å². The first kappa shape index (κ1) is 17.5. The maximum atomic E-state index is 11.7. The standard InChI is InChI=1S/C17H27NO3/c1-4-15(5-7-19)12-18-17(20)6-8-21-16-10-13(2)9-14(3)11-16/h9-11,15,19H,4-8,12H2,1-3H3,(H,18,20). The number of rotatable bonds is 9. The van der Waals surface area contributed by atoms with Crippen molar-refractivity contribution >= 4 is 5.91 Å². The summed E-state index contributed by atoms with van der Waals surface area (Å²) >= 11 is 0. The molecule has 1 amide bonds. The van der Waals surface area contributed by atoms with E-state index < -0.39 is 0 Å². The average molecular weight is 293 g/mol. The summed E-state index contributed by atoms with van der Waals surface area (Å²) in [6, 6.07) is 6.03. The highest BCUT2D eigenvalue weighted by Crippen LogP contribution is 2.16. The molecule has 0 heterocycles. The minimum Gasteiger partial charge on any atom is -0.493 e. The van der Waals surface area contributed by atoms with Crippen LogP contribution in [0.25, 0.3) is 0 Å². The highest BCUT2D eigenvalue weighted by molar-refractivity contribution is 5.75. The van der Waals surface area contributed by atoms with Crippen molar-refractivity contribution in [1.29, 1.82) is 0 Å². The van der Waals surface area contributed by atoms with Gasteiger partial charge in [-0.15, -0.1) is 0 Å². The largest absolute Gasteiger partial charge is 0.493 e. The lowest BCUT2D eigenvalue weighted by molar-refractivity contribution is -0.121. The lowest BCUT2D eigenvalue weighted by Crippen LogP contribution is -2.30. The molecule has 0 fully saturated rings. The molecule has 0 aliphatic heterocycles. The van der Waals surface area contributed by atoms with E-state index in [2.05, 4.69) is 18.3 Å². The Balaban J connectivity index is 2.27. The zero-order chi connectivity index (χ0) is 15.7. The third-order valence-electron chi connectivity index (χ3n) is 3.50. The van der Waals surface area contributed by atoms with E-state index in [0.717, 1.165) is 29.7 Å². The Morgan fingerprint density at radius 2 is 1.95 bits per heavy atom. The molecule has 118 valence electrons. The Labute approximate surface area is 127 Å². The second-order valence-corrected chi connectivity index (χ2v) is 5.51. The van der Waals surface area contributed by atoms with Crippen LogP contribution < -0.4 is 10.1 Å². The minimum absolute atomic E-state index is 0.00392. The van der Waals surface area contributed by atoms with Gasteiger partial charge in [0.1, 0.15) is 5.75 Å². The third-order valence-corrected chi connectivity index (χ3v) is 3.50. The normalized spacial score (nSPS) is 12.0. The van der Waals surface area contributed by atoms with Crippen molar-refractivity contribution in [3.8, 4) is 5.75 Å². The molecular formula is C17H27NO3. The van der Waals surface area contributed by atoms with Crippen LogP contribution in [0.15, 0.2) is 18.2 Å². The van der Waals surface area contributed by atoms with Gasteiger partial charge in [0.2, 0.25) is 5.91 Å². The molecule has 0 aliphatic rings. The van der Waals surface area contributed by atoms with Gasteiger partial charge < -0.3 is 15.2 Å². The lowest BCUT2D eigenvalue weighted by Gasteiger charge is -2.14. The molecule has 0 aromatic heterocycles. The zero-order valence-electron chi connectivity index (χ0n) is 13.3. The van der Waals surface area contributed by atoms with Crippen molar-refractivity contribution in [2.24, 2.45) is 5.92 Å². The van der Waals surface area contributed by atoms with Crippen LogP contribution in [0.4, 0.5) is 0 Å². The number of aryl methyl sites for hydroxylation is 2. The van der Waals surface area contributed by atoms with Crippen molar-refractivity contribution in [3.63, 3.8) is 0 Å². The Kier molecular flexibility index (Phi) is 7.83. The number of hydrogen-bond donors (Lipinski definition) is 2. The van der Waals surface area contributed by atoms with Gasteiger partial charge in [0.05, 0.1) is 13.0 Å². The van der Waals surface area contributed by atoms with Gasteiger partial charge in [-0.1, -0.05) is 19.4 Å². The number of carbonyl (C=O) groups is 1. The number of carbonyl (C=O) groups excluding carboxylic acids is 1. The Bertz CT molecular complexity index is 425. The molecule has 0 aliphatic carbocycles. The highest BCUT2D eigenvalue weighted by Gasteiger charge is 2.08. The number of aliphatic hydroxyl groups excluding tert-OH is 1. The van der Waals surface area contributed by atoms with Crippen LogP contribution in [0.1, 0.15) is 37.3 Å². The van der Waals surface area contributed by atoms with E-state index in [4.69, 9.17) is 9.84 Å². The molecule has 1 atom stereocenters. The molecule has 0 spiro atoms. The topological polar surface area (TPSA) is 58.6 Å². The smallest absolute Gasteiger partial charge is 0.223 e. The first-order valence-electron chi connectivity index (χ1n) is 7.63. The molecule has 0 saturated carbocycles. The van der Waals surface area contributed by atoms with Gasteiger partial charge in [-0.05, 0) is 49.4 Å². The van der Waals surface area contributed by atoms with Gasteiger partial charge in [0.15, 0.2) is 0 Å². The average Bonchev–Trinajstić information content (AvgIpc) is 2.42. The lowest BCUT2D eigenvalue weighted by atomic mass is 10.0. The molecule has 1 rings (SSSR count). The highest BCUT2D eigenvalue weighted by atomic mass is 16.5. The quantitative estimate of drug-likeness (QED) is 0.736. The van der Waals surface area contributed by atoms with Gasteiger partial charge in [0.25, 0.3) is 0 Å². The molecule has 4 nitrogen and oxygen atoms in total. The first-order chi connectivity index (χ1) is 10.0. The summed E-state index contributed by atoms with van der Waals surface area (Å²) in [7, 11) is 0. The number of aliphatic hydroxyl groups is 1. The maximum Gasteiger partial charge on any atom is 0.223 e. The summed E-state index contributed by atoms with van der Waals surface area (Å²) in [5, 5.41) is 11.8. The Morgan fingerprint density at radius 1 is 1.29 bits per heavy atom. The fourth-order valence-corrected chi connectivity index (χ4v) is 2.26. The van der Waals surface area contributed by atoms with E-state index in [-0.39, 0.29) is 12.5 Å². The van der Waals surface area contributed by atoms with E-state index in [9.17, 15) is 4.79 Å². The van der Waals surface area contributed by atoms with Gasteiger partial charge in [-0.3, -0.25) is 4.79 Å². The summed E-state index contributed by atoms with van der Waals surface area (Å²) in [5.41, 5.74) is 2.31. The van der Waals surface area contributed by atoms with Crippen LogP contribution in [0, 0.1) is 19.8 Å². The van der Waals surface area contributed by atoms with E-state index >= 15 is 0 Å².